The van der Waals surface area contributed by atoms with E-state index in [0.717, 1.165) is 53.3 Å². The minimum absolute atomic E-state index is 0.0215. The second-order valence-electron chi connectivity index (χ2n) is 9.26. The van der Waals surface area contributed by atoms with Crippen LogP contribution < -0.4 is 0 Å². The Labute approximate surface area is 244 Å². The number of aromatic nitrogens is 1. The summed E-state index contributed by atoms with van der Waals surface area (Å²) in [6.07, 6.45) is 6.97. The maximum atomic E-state index is 13.1. The highest BCUT2D eigenvalue weighted by atomic mass is 79.9. The van der Waals surface area contributed by atoms with Crippen LogP contribution in [-0.2, 0) is 20.9 Å². The maximum Gasteiger partial charge on any atom is 0.344 e. The highest BCUT2D eigenvalue weighted by molar-refractivity contribution is 9.10. The van der Waals surface area contributed by atoms with Crippen molar-refractivity contribution in [2.45, 2.75) is 32.7 Å². The quantitative estimate of drug-likeness (QED) is 0.291. The summed E-state index contributed by atoms with van der Waals surface area (Å²) in [5.41, 5.74) is 2.33. The van der Waals surface area contributed by atoms with Gasteiger partial charge in [-0.3, -0.25) is 4.79 Å². The van der Waals surface area contributed by atoms with Crippen LogP contribution in [-0.4, -0.2) is 51.2 Å². The first kappa shape index (κ1) is 27.6. The number of esters is 1. The molecular weight excluding hydrogens is 602 g/mol. The summed E-state index contributed by atoms with van der Waals surface area (Å²) in [6.45, 7) is 3.69. The van der Waals surface area contributed by atoms with E-state index in [2.05, 4.69) is 20.9 Å². The standard InChI is InChI=1S/C29H27BrClN3O4S/c1-2-38-29(37)26-27(36)24(39-28(26)32-21-9-7-20(31)8-10-21)14-18-16-34(23-11-6-19(30)15-22(18)23)17-25(35)33-12-4-3-5-13-33/h6-11,14-16,36H,2-5,12-13,17H2,1H3/b24-14-,32-28?. The zero-order valence-corrected chi connectivity index (χ0v) is 24.5. The Morgan fingerprint density at radius 3 is 2.62 bits per heavy atom. The van der Waals surface area contributed by atoms with Gasteiger partial charge in [-0.05, 0) is 74.7 Å². The summed E-state index contributed by atoms with van der Waals surface area (Å²) in [5.74, 6) is -0.740. The molecule has 0 bridgehead atoms. The van der Waals surface area contributed by atoms with Gasteiger partial charge in [0.05, 0.1) is 17.2 Å². The lowest BCUT2D eigenvalue weighted by Gasteiger charge is -2.27. The number of aliphatic hydroxyl groups excluding tert-OH is 1. The summed E-state index contributed by atoms with van der Waals surface area (Å²) >= 11 is 10.7. The number of benzene rings is 2. The Morgan fingerprint density at radius 1 is 1.15 bits per heavy atom. The van der Waals surface area contributed by atoms with E-state index in [1.165, 1.54) is 11.8 Å². The molecule has 1 amide bonds. The maximum absolute atomic E-state index is 13.1. The number of amides is 1. The van der Waals surface area contributed by atoms with Gasteiger partial charge in [0.1, 0.15) is 22.9 Å². The molecule has 1 N–H and O–H groups in total. The third-order valence-electron chi connectivity index (χ3n) is 6.60. The molecule has 0 aliphatic carbocycles. The van der Waals surface area contributed by atoms with Crippen LogP contribution >= 0.6 is 39.3 Å². The SMILES string of the molecule is CCOC(=O)C1=C(O)/C(=C/c2cn(CC(=O)N3CCCCC3)c3ccc(Br)cc23)SC1=Nc1ccc(Cl)cc1. The van der Waals surface area contributed by atoms with E-state index < -0.39 is 5.97 Å². The number of hydrogen-bond acceptors (Lipinski definition) is 6. The first-order valence-electron chi connectivity index (χ1n) is 12.7. The number of halogens is 2. The lowest BCUT2D eigenvalue weighted by Crippen LogP contribution is -2.37. The van der Waals surface area contributed by atoms with Gasteiger partial charge >= 0.3 is 5.97 Å². The lowest BCUT2D eigenvalue weighted by atomic mass is 10.1. The number of nitrogens with zero attached hydrogens (tertiary/aromatic N) is 3. The van der Waals surface area contributed by atoms with Gasteiger partial charge in [-0.2, -0.15) is 0 Å². The average Bonchev–Trinajstić information content (AvgIpc) is 3.41. The highest BCUT2D eigenvalue weighted by Crippen LogP contribution is 2.41. The van der Waals surface area contributed by atoms with Gasteiger partial charge < -0.3 is 19.3 Å². The van der Waals surface area contributed by atoms with Crippen LogP contribution in [0.5, 0.6) is 0 Å². The second kappa shape index (κ2) is 12.0. The largest absolute Gasteiger partial charge is 0.506 e. The van der Waals surface area contributed by atoms with Gasteiger partial charge in [-0.15, -0.1) is 0 Å². The van der Waals surface area contributed by atoms with Crippen molar-refractivity contribution in [3.8, 4) is 0 Å². The topological polar surface area (TPSA) is 84.1 Å². The van der Waals surface area contributed by atoms with Gasteiger partial charge in [0.2, 0.25) is 5.91 Å². The van der Waals surface area contributed by atoms with Crippen LogP contribution in [0.4, 0.5) is 5.69 Å². The summed E-state index contributed by atoms with van der Waals surface area (Å²) in [7, 11) is 0. The number of hydrogen-bond donors (Lipinski definition) is 1. The minimum atomic E-state index is -0.643. The number of ether oxygens (including phenoxy) is 1. The fraction of sp³-hybridized carbons (Fsp3) is 0.276. The fourth-order valence-corrected chi connectivity index (χ4v) is 6.21. The van der Waals surface area contributed by atoms with E-state index in [4.69, 9.17) is 16.3 Å². The van der Waals surface area contributed by atoms with Crippen molar-refractivity contribution in [1.29, 1.82) is 0 Å². The molecule has 7 nitrogen and oxygen atoms in total. The molecule has 0 spiro atoms. The van der Waals surface area contributed by atoms with Gasteiger partial charge in [0.15, 0.2) is 0 Å². The van der Waals surface area contributed by atoms with Crippen molar-refractivity contribution in [3.05, 3.63) is 80.0 Å². The number of thioether (sulfide) groups is 1. The molecule has 0 radical (unpaired) electrons. The smallest absolute Gasteiger partial charge is 0.344 e. The molecule has 0 unspecified atom stereocenters. The zero-order chi connectivity index (χ0) is 27.5. The van der Waals surface area contributed by atoms with E-state index in [-0.39, 0.29) is 30.4 Å². The number of rotatable bonds is 6. The molecule has 0 saturated carbocycles. The van der Waals surface area contributed by atoms with Crippen LogP contribution in [0.1, 0.15) is 31.7 Å². The van der Waals surface area contributed by atoms with Crippen molar-refractivity contribution in [2.24, 2.45) is 4.99 Å². The van der Waals surface area contributed by atoms with Crippen LogP contribution in [0.25, 0.3) is 17.0 Å². The normalized spacial score (nSPS) is 18.0. The Kier molecular flexibility index (Phi) is 8.49. The number of piperidine rings is 1. The molecule has 1 fully saturated rings. The molecule has 3 aromatic rings. The van der Waals surface area contributed by atoms with E-state index >= 15 is 0 Å². The molecule has 2 aliphatic heterocycles. The zero-order valence-electron chi connectivity index (χ0n) is 21.3. The molecule has 202 valence electrons. The molecule has 39 heavy (non-hydrogen) atoms. The van der Waals surface area contributed by atoms with E-state index in [9.17, 15) is 14.7 Å². The Balaban J connectivity index is 1.54. The highest BCUT2D eigenvalue weighted by Gasteiger charge is 2.33. The van der Waals surface area contributed by atoms with E-state index in [1.54, 1.807) is 31.2 Å². The Morgan fingerprint density at radius 2 is 1.90 bits per heavy atom. The summed E-state index contributed by atoms with van der Waals surface area (Å²) in [4.78, 5) is 32.9. The molecule has 3 heterocycles. The number of fused-ring (bicyclic) bond motifs is 1. The van der Waals surface area contributed by atoms with E-state index in [0.29, 0.717) is 20.7 Å². The van der Waals surface area contributed by atoms with Crippen molar-refractivity contribution in [2.75, 3.05) is 19.7 Å². The Bertz CT molecular complexity index is 1520. The lowest BCUT2D eigenvalue weighted by molar-refractivity contribution is -0.138. The number of carbonyl (C=O) groups is 2. The molecule has 5 rings (SSSR count). The van der Waals surface area contributed by atoms with Gasteiger partial charge in [0, 0.05) is 45.2 Å². The van der Waals surface area contributed by atoms with E-state index in [1.807, 2.05) is 39.9 Å². The number of aliphatic hydroxyl groups is 1. The van der Waals surface area contributed by atoms with Crippen LogP contribution in [0.2, 0.25) is 5.02 Å². The average molecular weight is 629 g/mol. The molecular formula is C29H27BrClN3O4S. The van der Waals surface area contributed by atoms with Crippen LogP contribution in [0.15, 0.2) is 74.4 Å². The molecule has 0 atom stereocenters. The summed E-state index contributed by atoms with van der Waals surface area (Å²) in [5, 5.41) is 13.0. The summed E-state index contributed by atoms with van der Waals surface area (Å²) < 4.78 is 8.06. The van der Waals surface area contributed by atoms with Gasteiger partial charge in [-0.25, -0.2) is 9.79 Å². The second-order valence-corrected chi connectivity index (χ2v) is 11.6. The molecule has 1 saturated heterocycles. The van der Waals surface area contributed by atoms with Crippen LogP contribution in [0, 0.1) is 0 Å². The molecule has 2 aliphatic rings. The van der Waals surface area contributed by atoms with Crippen molar-refractivity contribution in [1.82, 2.24) is 9.47 Å². The van der Waals surface area contributed by atoms with Crippen LogP contribution in [0.3, 0.4) is 0 Å². The number of likely N-dealkylation sites (tertiary alicyclic amines) is 1. The molecule has 2 aromatic carbocycles. The van der Waals surface area contributed by atoms with Gasteiger partial charge in [-0.1, -0.05) is 39.3 Å². The molecule has 1 aromatic heterocycles. The Hall–Kier alpha value is -3.01. The van der Waals surface area contributed by atoms with Crippen molar-refractivity contribution in [3.63, 3.8) is 0 Å². The minimum Gasteiger partial charge on any atom is -0.506 e. The third-order valence-corrected chi connectivity index (χ3v) is 8.37. The first-order valence-corrected chi connectivity index (χ1v) is 14.7. The summed E-state index contributed by atoms with van der Waals surface area (Å²) in [6, 6.07) is 12.8. The fourth-order valence-electron chi connectivity index (χ4n) is 4.70. The third kappa shape index (κ3) is 6.10. The van der Waals surface area contributed by atoms with Crippen molar-refractivity contribution >= 4 is 78.9 Å². The van der Waals surface area contributed by atoms with Gasteiger partial charge in [0.25, 0.3) is 0 Å². The predicted molar refractivity (Wildman–Crippen MR) is 160 cm³/mol. The molecule has 10 heteroatoms. The first-order chi connectivity index (χ1) is 18.8. The predicted octanol–water partition coefficient (Wildman–Crippen LogP) is 7.26. The monoisotopic (exact) mass is 627 g/mol. The number of carbonyl (C=O) groups excluding carboxylic acids is 2. The van der Waals surface area contributed by atoms with Crippen molar-refractivity contribution < 1.29 is 19.4 Å². The number of aliphatic imine (C=N–C) groups is 1.